The minimum absolute atomic E-state index is 0.723. The summed E-state index contributed by atoms with van der Waals surface area (Å²) in [5.74, 6) is 1.66. The maximum Gasteiger partial charge on any atom is 0.191 e. The Kier molecular flexibility index (Phi) is 7.40. The van der Waals surface area contributed by atoms with Gasteiger partial charge < -0.3 is 15.5 Å². The van der Waals surface area contributed by atoms with Crippen LogP contribution >= 0.6 is 0 Å². The summed E-state index contributed by atoms with van der Waals surface area (Å²) in [6, 6.07) is 8.59. The highest BCUT2D eigenvalue weighted by molar-refractivity contribution is 5.79. The molecule has 0 spiro atoms. The SMILES string of the molecule is CCNC(=NCc1ccccc1CC)NCC1CCCN(C)C1. The third kappa shape index (κ3) is 5.87. The van der Waals surface area contributed by atoms with Crippen molar-refractivity contribution in [3.63, 3.8) is 0 Å². The van der Waals surface area contributed by atoms with Gasteiger partial charge in [-0.3, -0.25) is 0 Å². The van der Waals surface area contributed by atoms with Gasteiger partial charge in [0.05, 0.1) is 6.54 Å². The van der Waals surface area contributed by atoms with Crippen LogP contribution in [-0.2, 0) is 13.0 Å². The zero-order chi connectivity index (χ0) is 16.5. The molecule has 2 rings (SSSR count). The summed E-state index contributed by atoms with van der Waals surface area (Å²) in [7, 11) is 2.22. The third-order valence-corrected chi connectivity index (χ3v) is 4.53. The molecular formula is C19H32N4. The first-order valence-corrected chi connectivity index (χ1v) is 9.00. The molecule has 1 aromatic carbocycles. The highest BCUT2D eigenvalue weighted by Gasteiger charge is 2.17. The maximum atomic E-state index is 4.78. The molecule has 0 amide bonds. The Hall–Kier alpha value is -1.55. The summed E-state index contributed by atoms with van der Waals surface area (Å²) in [6.45, 7) is 9.38. The number of nitrogens with one attached hydrogen (secondary N) is 2. The molecule has 1 aromatic rings. The van der Waals surface area contributed by atoms with E-state index in [0.717, 1.165) is 37.9 Å². The summed E-state index contributed by atoms with van der Waals surface area (Å²) >= 11 is 0. The number of hydrogen-bond donors (Lipinski definition) is 2. The van der Waals surface area contributed by atoms with Crippen LogP contribution in [0.2, 0.25) is 0 Å². The predicted molar refractivity (Wildman–Crippen MR) is 98.9 cm³/mol. The number of benzene rings is 1. The molecule has 1 fully saturated rings. The van der Waals surface area contributed by atoms with Crippen molar-refractivity contribution in [1.29, 1.82) is 0 Å². The van der Waals surface area contributed by atoms with Crippen molar-refractivity contribution >= 4 is 5.96 Å². The molecule has 1 saturated heterocycles. The lowest BCUT2D eigenvalue weighted by molar-refractivity contribution is 0.210. The first-order valence-electron chi connectivity index (χ1n) is 9.00. The van der Waals surface area contributed by atoms with Crippen LogP contribution < -0.4 is 10.6 Å². The van der Waals surface area contributed by atoms with Crippen molar-refractivity contribution in [2.45, 2.75) is 39.7 Å². The molecule has 0 aromatic heterocycles. The van der Waals surface area contributed by atoms with Crippen LogP contribution in [-0.4, -0.2) is 44.1 Å². The Morgan fingerprint density at radius 2 is 2.00 bits per heavy atom. The van der Waals surface area contributed by atoms with Crippen molar-refractivity contribution in [3.05, 3.63) is 35.4 Å². The quantitative estimate of drug-likeness (QED) is 0.626. The first-order chi connectivity index (χ1) is 11.2. The topological polar surface area (TPSA) is 39.7 Å². The van der Waals surface area contributed by atoms with Gasteiger partial charge in [0, 0.05) is 19.6 Å². The molecule has 1 aliphatic heterocycles. The second kappa shape index (κ2) is 9.56. The van der Waals surface area contributed by atoms with E-state index < -0.39 is 0 Å². The number of likely N-dealkylation sites (tertiary alicyclic amines) is 1. The summed E-state index contributed by atoms with van der Waals surface area (Å²) in [5, 5.41) is 6.90. The summed E-state index contributed by atoms with van der Waals surface area (Å²) in [5.41, 5.74) is 2.71. The molecule has 128 valence electrons. The molecule has 0 bridgehead atoms. The largest absolute Gasteiger partial charge is 0.357 e. The average molecular weight is 316 g/mol. The van der Waals surface area contributed by atoms with Crippen LogP contribution in [0.25, 0.3) is 0 Å². The minimum Gasteiger partial charge on any atom is -0.357 e. The molecule has 0 aliphatic carbocycles. The Balaban J connectivity index is 1.91. The number of piperidine rings is 1. The summed E-state index contributed by atoms with van der Waals surface area (Å²) in [4.78, 5) is 7.20. The summed E-state index contributed by atoms with van der Waals surface area (Å²) in [6.07, 6.45) is 3.68. The second-order valence-corrected chi connectivity index (χ2v) is 6.47. The lowest BCUT2D eigenvalue weighted by atomic mass is 9.99. The van der Waals surface area contributed by atoms with E-state index in [2.05, 4.69) is 60.7 Å². The van der Waals surface area contributed by atoms with Crippen LogP contribution in [0.3, 0.4) is 0 Å². The first kappa shape index (κ1) is 17.8. The van der Waals surface area contributed by atoms with Crippen LogP contribution in [0.15, 0.2) is 29.3 Å². The van der Waals surface area contributed by atoms with Gasteiger partial charge in [-0.2, -0.15) is 0 Å². The van der Waals surface area contributed by atoms with E-state index in [1.54, 1.807) is 0 Å². The lowest BCUT2D eigenvalue weighted by Gasteiger charge is -2.30. The zero-order valence-corrected chi connectivity index (χ0v) is 14.9. The fourth-order valence-corrected chi connectivity index (χ4v) is 3.24. The van der Waals surface area contributed by atoms with Gasteiger partial charge in [0.2, 0.25) is 0 Å². The molecule has 4 nitrogen and oxygen atoms in total. The molecule has 2 N–H and O–H groups in total. The van der Waals surface area contributed by atoms with Crippen LogP contribution in [0.4, 0.5) is 0 Å². The van der Waals surface area contributed by atoms with Gasteiger partial charge in [-0.15, -0.1) is 0 Å². The average Bonchev–Trinajstić information content (AvgIpc) is 2.57. The maximum absolute atomic E-state index is 4.78. The Morgan fingerprint density at radius 1 is 1.22 bits per heavy atom. The molecule has 1 atom stereocenters. The van der Waals surface area contributed by atoms with E-state index in [9.17, 15) is 0 Å². The number of aryl methyl sites for hydroxylation is 1. The standard InChI is InChI=1S/C19H32N4/c1-4-17-10-6-7-11-18(17)14-22-19(20-5-2)21-13-16-9-8-12-23(3)15-16/h6-7,10-11,16H,4-5,8-9,12-15H2,1-3H3,(H2,20,21,22). The van der Waals surface area contributed by atoms with Gasteiger partial charge in [-0.1, -0.05) is 31.2 Å². The van der Waals surface area contributed by atoms with Gasteiger partial charge in [0.1, 0.15) is 0 Å². The molecule has 0 saturated carbocycles. The molecule has 0 radical (unpaired) electrons. The Bertz CT molecular complexity index is 498. The van der Waals surface area contributed by atoms with E-state index in [0.29, 0.717) is 0 Å². The fourth-order valence-electron chi connectivity index (χ4n) is 3.24. The molecule has 1 aliphatic rings. The van der Waals surface area contributed by atoms with Crippen molar-refractivity contribution in [2.75, 3.05) is 33.2 Å². The van der Waals surface area contributed by atoms with Crippen molar-refractivity contribution < 1.29 is 0 Å². The number of nitrogens with zero attached hydrogens (tertiary/aromatic N) is 2. The summed E-state index contributed by atoms with van der Waals surface area (Å²) < 4.78 is 0. The lowest BCUT2D eigenvalue weighted by Crippen LogP contribution is -2.43. The molecular weight excluding hydrogens is 284 g/mol. The van der Waals surface area contributed by atoms with Gasteiger partial charge in [0.15, 0.2) is 5.96 Å². The molecule has 1 heterocycles. The van der Waals surface area contributed by atoms with Crippen LogP contribution in [0.1, 0.15) is 37.8 Å². The Labute approximate surface area is 141 Å². The molecule has 23 heavy (non-hydrogen) atoms. The van der Waals surface area contributed by atoms with E-state index in [1.165, 1.54) is 37.1 Å². The van der Waals surface area contributed by atoms with Crippen molar-refractivity contribution in [3.8, 4) is 0 Å². The fraction of sp³-hybridized carbons (Fsp3) is 0.632. The van der Waals surface area contributed by atoms with E-state index in [-0.39, 0.29) is 0 Å². The normalized spacial score (nSPS) is 19.6. The second-order valence-electron chi connectivity index (χ2n) is 6.47. The zero-order valence-electron chi connectivity index (χ0n) is 14.9. The highest BCUT2D eigenvalue weighted by atomic mass is 15.2. The Morgan fingerprint density at radius 3 is 2.70 bits per heavy atom. The van der Waals surface area contributed by atoms with E-state index in [4.69, 9.17) is 4.99 Å². The number of hydrogen-bond acceptors (Lipinski definition) is 2. The number of guanidine groups is 1. The number of rotatable bonds is 6. The minimum atomic E-state index is 0.723. The van der Waals surface area contributed by atoms with Crippen molar-refractivity contribution in [1.82, 2.24) is 15.5 Å². The van der Waals surface area contributed by atoms with E-state index >= 15 is 0 Å². The van der Waals surface area contributed by atoms with Gasteiger partial charge >= 0.3 is 0 Å². The van der Waals surface area contributed by atoms with Crippen molar-refractivity contribution in [2.24, 2.45) is 10.9 Å². The van der Waals surface area contributed by atoms with Gasteiger partial charge in [-0.05, 0) is 56.8 Å². The van der Waals surface area contributed by atoms with Crippen LogP contribution in [0.5, 0.6) is 0 Å². The number of aliphatic imine (C=N–C) groups is 1. The highest BCUT2D eigenvalue weighted by Crippen LogP contribution is 2.14. The monoisotopic (exact) mass is 316 g/mol. The predicted octanol–water partition coefficient (Wildman–Crippen LogP) is 2.65. The van der Waals surface area contributed by atoms with Gasteiger partial charge in [-0.25, -0.2) is 4.99 Å². The smallest absolute Gasteiger partial charge is 0.191 e. The third-order valence-electron chi connectivity index (χ3n) is 4.53. The van der Waals surface area contributed by atoms with Crippen LogP contribution in [0, 0.1) is 5.92 Å². The van der Waals surface area contributed by atoms with Gasteiger partial charge in [0.25, 0.3) is 0 Å². The molecule has 1 unspecified atom stereocenters. The van der Waals surface area contributed by atoms with E-state index in [1.807, 2.05) is 0 Å². The molecule has 4 heteroatoms.